The molecule has 0 N–H and O–H groups in total. The van der Waals surface area contributed by atoms with E-state index in [-0.39, 0.29) is 11.1 Å². The van der Waals surface area contributed by atoms with Crippen molar-refractivity contribution < 1.29 is 8.60 Å². The van der Waals surface area contributed by atoms with Crippen LogP contribution in [0.2, 0.25) is 0 Å². The van der Waals surface area contributed by atoms with Crippen LogP contribution in [0.1, 0.15) is 48.7 Å². The highest BCUT2D eigenvalue weighted by atomic mass is 32.2. The van der Waals surface area contributed by atoms with Gasteiger partial charge in [-0.05, 0) is 37.0 Å². The molecule has 0 aliphatic heterocycles. The minimum Gasteiger partial charge on any atom is -0.307 e. The number of hydrogen-bond donors (Lipinski definition) is 0. The molecule has 0 saturated heterocycles. The third-order valence-electron chi connectivity index (χ3n) is 3.86. The van der Waals surface area contributed by atoms with Gasteiger partial charge in [0.2, 0.25) is 5.16 Å². The van der Waals surface area contributed by atoms with Crippen molar-refractivity contribution in [2.45, 2.75) is 42.5 Å². The zero-order chi connectivity index (χ0) is 15.0. The number of nitrogens with zero attached hydrogens (tertiary/aromatic N) is 3. The Morgan fingerprint density at radius 3 is 2.57 bits per heavy atom. The maximum atomic E-state index is 13.0. The standard InChI is InChI=1S/C15H18FN3OS/c1-3-13(10-6-8-12(16)9-7-10)21(20)15-18-17-14(19(15)2)11-4-5-11/h6-9,11,13H,3-5H2,1-2H3. The van der Waals surface area contributed by atoms with Crippen molar-refractivity contribution in [2.75, 3.05) is 0 Å². The molecule has 2 unspecified atom stereocenters. The van der Waals surface area contributed by atoms with Gasteiger partial charge in [-0.1, -0.05) is 19.1 Å². The third kappa shape index (κ3) is 2.77. The van der Waals surface area contributed by atoms with E-state index in [0.717, 1.165) is 24.2 Å². The first-order chi connectivity index (χ1) is 10.1. The molecule has 1 aromatic carbocycles. The Morgan fingerprint density at radius 2 is 2.00 bits per heavy atom. The van der Waals surface area contributed by atoms with E-state index in [0.29, 0.717) is 17.5 Å². The van der Waals surface area contributed by atoms with Gasteiger partial charge in [-0.3, -0.25) is 4.21 Å². The van der Waals surface area contributed by atoms with E-state index in [1.807, 2.05) is 18.5 Å². The minimum atomic E-state index is -1.29. The lowest BCUT2D eigenvalue weighted by molar-refractivity contribution is 0.625. The number of hydrogen-bond acceptors (Lipinski definition) is 3. The Bertz CT molecular complexity index is 664. The van der Waals surface area contributed by atoms with Crippen LogP contribution >= 0.6 is 0 Å². The molecule has 3 rings (SSSR count). The molecule has 0 radical (unpaired) electrons. The number of benzene rings is 1. The summed E-state index contributed by atoms with van der Waals surface area (Å²) in [6.07, 6.45) is 2.96. The molecule has 1 aliphatic rings. The monoisotopic (exact) mass is 307 g/mol. The summed E-state index contributed by atoms with van der Waals surface area (Å²) >= 11 is 0. The van der Waals surface area contributed by atoms with Crippen LogP contribution < -0.4 is 0 Å². The molecule has 0 spiro atoms. The van der Waals surface area contributed by atoms with Gasteiger partial charge in [-0.25, -0.2) is 4.39 Å². The van der Waals surface area contributed by atoms with E-state index in [9.17, 15) is 8.60 Å². The fraction of sp³-hybridized carbons (Fsp3) is 0.467. The second-order valence-electron chi connectivity index (χ2n) is 5.42. The topological polar surface area (TPSA) is 47.8 Å². The second-order valence-corrected chi connectivity index (χ2v) is 6.95. The molecule has 1 heterocycles. The molecule has 0 amide bonds. The van der Waals surface area contributed by atoms with Crippen molar-refractivity contribution in [3.63, 3.8) is 0 Å². The quantitative estimate of drug-likeness (QED) is 0.853. The Hall–Kier alpha value is -1.56. The van der Waals surface area contributed by atoms with E-state index >= 15 is 0 Å². The summed E-state index contributed by atoms with van der Waals surface area (Å²) in [5, 5.41) is 8.62. The smallest absolute Gasteiger partial charge is 0.222 e. The Kier molecular flexibility index (Phi) is 3.89. The zero-order valence-corrected chi connectivity index (χ0v) is 12.9. The van der Waals surface area contributed by atoms with Gasteiger partial charge in [0, 0.05) is 13.0 Å². The van der Waals surface area contributed by atoms with E-state index in [1.165, 1.54) is 12.1 Å². The lowest BCUT2D eigenvalue weighted by Gasteiger charge is -2.14. The Labute approximate surface area is 125 Å². The second kappa shape index (κ2) is 5.67. The summed E-state index contributed by atoms with van der Waals surface area (Å²) in [5.41, 5.74) is 0.869. The van der Waals surface area contributed by atoms with E-state index < -0.39 is 10.8 Å². The van der Waals surface area contributed by atoms with Crippen LogP contribution in [-0.4, -0.2) is 19.0 Å². The van der Waals surface area contributed by atoms with Crippen LogP contribution in [0.3, 0.4) is 0 Å². The highest BCUT2D eigenvalue weighted by Gasteiger charge is 2.31. The van der Waals surface area contributed by atoms with Crippen molar-refractivity contribution >= 4 is 10.8 Å². The summed E-state index contributed by atoms with van der Waals surface area (Å²) in [6.45, 7) is 1.98. The maximum Gasteiger partial charge on any atom is 0.222 e. The molecule has 2 aromatic rings. The number of aromatic nitrogens is 3. The van der Waals surface area contributed by atoms with Crippen LogP contribution in [-0.2, 0) is 17.8 Å². The highest BCUT2D eigenvalue weighted by molar-refractivity contribution is 7.85. The highest BCUT2D eigenvalue weighted by Crippen LogP contribution is 2.39. The average Bonchev–Trinajstić information content (AvgIpc) is 3.24. The Morgan fingerprint density at radius 1 is 1.33 bits per heavy atom. The molecule has 1 saturated carbocycles. The lowest BCUT2D eigenvalue weighted by Crippen LogP contribution is -2.11. The van der Waals surface area contributed by atoms with Gasteiger partial charge < -0.3 is 4.57 Å². The zero-order valence-electron chi connectivity index (χ0n) is 12.1. The predicted molar refractivity (Wildman–Crippen MR) is 78.8 cm³/mol. The van der Waals surface area contributed by atoms with Crippen molar-refractivity contribution in [3.8, 4) is 0 Å². The van der Waals surface area contributed by atoms with Crippen molar-refractivity contribution in [1.29, 1.82) is 0 Å². The number of rotatable bonds is 5. The molecule has 2 atom stereocenters. The Balaban J connectivity index is 1.90. The maximum absolute atomic E-state index is 13.0. The first-order valence-electron chi connectivity index (χ1n) is 7.17. The molecule has 1 aliphatic carbocycles. The molecule has 0 bridgehead atoms. The molecule has 1 fully saturated rings. The average molecular weight is 307 g/mol. The van der Waals surface area contributed by atoms with Gasteiger partial charge in [0.25, 0.3) is 0 Å². The van der Waals surface area contributed by atoms with E-state index in [2.05, 4.69) is 10.2 Å². The van der Waals surface area contributed by atoms with Crippen LogP contribution in [0.25, 0.3) is 0 Å². The van der Waals surface area contributed by atoms with Crippen LogP contribution in [0.5, 0.6) is 0 Å². The van der Waals surface area contributed by atoms with Gasteiger partial charge in [0.05, 0.1) is 16.0 Å². The van der Waals surface area contributed by atoms with Gasteiger partial charge in [0.15, 0.2) is 0 Å². The van der Waals surface area contributed by atoms with Crippen molar-refractivity contribution in [3.05, 3.63) is 41.5 Å². The van der Waals surface area contributed by atoms with Crippen LogP contribution in [0.4, 0.5) is 4.39 Å². The molecule has 1 aromatic heterocycles. The first kappa shape index (κ1) is 14.4. The summed E-state index contributed by atoms with van der Waals surface area (Å²) < 4.78 is 27.7. The minimum absolute atomic E-state index is 0.194. The van der Waals surface area contributed by atoms with Crippen LogP contribution in [0.15, 0.2) is 29.4 Å². The third-order valence-corrected chi connectivity index (χ3v) is 5.70. The molecular weight excluding hydrogens is 289 g/mol. The molecule has 112 valence electrons. The number of halogens is 1. The summed E-state index contributed by atoms with van der Waals surface area (Å²) in [6, 6.07) is 6.20. The predicted octanol–water partition coefficient (Wildman–Crippen LogP) is 3.09. The van der Waals surface area contributed by atoms with Gasteiger partial charge in [-0.15, -0.1) is 10.2 Å². The fourth-order valence-electron chi connectivity index (χ4n) is 2.51. The summed E-state index contributed by atoms with van der Waals surface area (Å²) in [7, 11) is 0.582. The summed E-state index contributed by atoms with van der Waals surface area (Å²) in [4.78, 5) is 0. The first-order valence-corrected chi connectivity index (χ1v) is 8.38. The molecule has 21 heavy (non-hydrogen) atoms. The van der Waals surface area contributed by atoms with E-state index in [4.69, 9.17) is 0 Å². The SMILES string of the molecule is CCC(c1ccc(F)cc1)S(=O)c1nnc(C2CC2)n1C. The van der Waals surface area contributed by atoms with Gasteiger partial charge in [0.1, 0.15) is 11.6 Å². The van der Waals surface area contributed by atoms with Gasteiger partial charge >= 0.3 is 0 Å². The molecular formula is C15H18FN3OS. The molecule has 4 nitrogen and oxygen atoms in total. The van der Waals surface area contributed by atoms with Crippen molar-refractivity contribution in [1.82, 2.24) is 14.8 Å². The fourth-order valence-corrected chi connectivity index (χ4v) is 3.96. The largest absolute Gasteiger partial charge is 0.307 e. The lowest BCUT2D eigenvalue weighted by atomic mass is 10.1. The summed E-state index contributed by atoms with van der Waals surface area (Å²) in [5.74, 6) is 1.11. The van der Waals surface area contributed by atoms with E-state index in [1.54, 1.807) is 12.1 Å². The van der Waals surface area contributed by atoms with Gasteiger partial charge in [-0.2, -0.15) is 0 Å². The molecule has 6 heteroatoms. The van der Waals surface area contributed by atoms with Crippen LogP contribution in [0, 0.1) is 5.82 Å². The van der Waals surface area contributed by atoms with Crippen molar-refractivity contribution in [2.24, 2.45) is 7.05 Å². The normalized spacial score (nSPS) is 17.7.